The number of para-hydroxylation sites is 1. The highest BCUT2D eigenvalue weighted by atomic mass is 127. The van der Waals surface area contributed by atoms with Crippen molar-refractivity contribution in [2.75, 3.05) is 0 Å². The number of hydrogen-bond donors (Lipinski definition) is 0. The minimum atomic E-state index is -0.454. The van der Waals surface area contributed by atoms with Gasteiger partial charge in [0.2, 0.25) is 0 Å². The van der Waals surface area contributed by atoms with Gasteiger partial charge in [-0.1, -0.05) is 40.2 Å². The molecular formula is C24H16BrIN2O5S. The molecule has 0 spiro atoms. The second-order valence-corrected chi connectivity index (χ2v) is 10.4. The van der Waals surface area contributed by atoms with Crippen LogP contribution < -0.4 is 4.74 Å². The van der Waals surface area contributed by atoms with Gasteiger partial charge in [-0.05, 0) is 82.4 Å². The van der Waals surface area contributed by atoms with Crippen LogP contribution in [0.25, 0.3) is 6.08 Å². The standard InChI is InChI=1S/C24H16BrIN2O5S/c25-18-7-10-21(33-14-16-3-1-2-4-20(16)28(31)32)17(11-18)12-22-23(29)27(24(30)34-22)13-15-5-8-19(26)9-6-15/h1-12H,13-14H2/b22-12-. The number of halogens is 2. The van der Waals surface area contributed by atoms with Crippen LogP contribution in [0.15, 0.2) is 76.1 Å². The van der Waals surface area contributed by atoms with Crippen molar-refractivity contribution >= 4 is 73.2 Å². The predicted octanol–water partition coefficient (Wildman–Crippen LogP) is 6.78. The smallest absolute Gasteiger partial charge is 0.293 e. The first-order valence-corrected chi connectivity index (χ1v) is 12.6. The Kier molecular flexibility index (Phi) is 7.69. The van der Waals surface area contributed by atoms with Crippen LogP contribution in [0.2, 0.25) is 0 Å². The molecule has 7 nitrogen and oxygen atoms in total. The Morgan fingerprint density at radius 3 is 2.56 bits per heavy atom. The fourth-order valence-electron chi connectivity index (χ4n) is 3.28. The third kappa shape index (κ3) is 5.68. The Labute approximate surface area is 221 Å². The summed E-state index contributed by atoms with van der Waals surface area (Å²) in [6.45, 7) is 0.173. The highest BCUT2D eigenvalue weighted by molar-refractivity contribution is 14.1. The van der Waals surface area contributed by atoms with Crippen molar-refractivity contribution in [1.82, 2.24) is 4.90 Å². The molecule has 172 valence electrons. The second-order valence-electron chi connectivity index (χ2n) is 7.25. The van der Waals surface area contributed by atoms with Crippen molar-refractivity contribution in [3.8, 4) is 5.75 Å². The zero-order valence-corrected chi connectivity index (χ0v) is 22.0. The van der Waals surface area contributed by atoms with Crippen molar-refractivity contribution in [3.63, 3.8) is 0 Å². The molecule has 34 heavy (non-hydrogen) atoms. The largest absolute Gasteiger partial charge is 0.488 e. The zero-order valence-electron chi connectivity index (χ0n) is 17.4. The van der Waals surface area contributed by atoms with Gasteiger partial charge in [-0.15, -0.1) is 0 Å². The molecule has 0 N–H and O–H groups in total. The average Bonchev–Trinajstić information content (AvgIpc) is 3.07. The summed E-state index contributed by atoms with van der Waals surface area (Å²) in [5.41, 5.74) is 1.84. The molecular weight excluding hydrogens is 635 g/mol. The van der Waals surface area contributed by atoms with E-state index in [0.717, 1.165) is 25.4 Å². The SMILES string of the molecule is O=C1S/C(=C\c2cc(Br)ccc2OCc2ccccc2[N+](=O)[O-])C(=O)N1Cc1ccc(I)cc1. The molecule has 3 aromatic carbocycles. The first-order chi connectivity index (χ1) is 16.3. The third-order valence-corrected chi connectivity index (χ3v) is 7.08. The zero-order chi connectivity index (χ0) is 24.2. The highest BCUT2D eigenvalue weighted by Crippen LogP contribution is 2.36. The molecule has 0 bridgehead atoms. The Morgan fingerprint density at radius 1 is 1.09 bits per heavy atom. The first-order valence-electron chi connectivity index (χ1n) is 9.96. The lowest BCUT2D eigenvalue weighted by Gasteiger charge is -2.13. The maximum atomic E-state index is 13.0. The lowest BCUT2D eigenvalue weighted by Crippen LogP contribution is -2.27. The monoisotopic (exact) mass is 650 g/mol. The van der Waals surface area contributed by atoms with E-state index >= 15 is 0 Å². The predicted molar refractivity (Wildman–Crippen MR) is 142 cm³/mol. The molecule has 1 aliphatic heterocycles. The van der Waals surface area contributed by atoms with E-state index in [2.05, 4.69) is 38.5 Å². The maximum absolute atomic E-state index is 13.0. The average molecular weight is 651 g/mol. The van der Waals surface area contributed by atoms with Gasteiger partial charge in [0.25, 0.3) is 16.8 Å². The molecule has 0 aromatic heterocycles. The van der Waals surface area contributed by atoms with Crippen molar-refractivity contribution in [2.45, 2.75) is 13.2 Å². The van der Waals surface area contributed by atoms with E-state index in [1.807, 2.05) is 24.3 Å². The van der Waals surface area contributed by atoms with E-state index in [9.17, 15) is 19.7 Å². The van der Waals surface area contributed by atoms with E-state index in [-0.39, 0.29) is 34.9 Å². The topological polar surface area (TPSA) is 89.7 Å². The molecule has 1 heterocycles. The van der Waals surface area contributed by atoms with Gasteiger partial charge in [-0.2, -0.15) is 0 Å². The van der Waals surface area contributed by atoms with Gasteiger partial charge in [0.15, 0.2) is 0 Å². The van der Waals surface area contributed by atoms with Gasteiger partial charge in [-0.25, -0.2) is 0 Å². The summed E-state index contributed by atoms with van der Waals surface area (Å²) in [5.74, 6) is 0.0592. The molecule has 3 aromatic rings. The molecule has 0 unspecified atom stereocenters. The Bertz CT molecular complexity index is 1310. The summed E-state index contributed by atoms with van der Waals surface area (Å²) in [4.78, 5) is 37.8. The number of thioether (sulfide) groups is 1. The number of rotatable bonds is 7. The second kappa shape index (κ2) is 10.7. The maximum Gasteiger partial charge on any atom is 0.293 e. The van der Waals surface area contributed by atoms with Crippen LogP contribution in [0.1, 0.15) is 16.7 Å². The Hall–Kier alpha value is -2.70. The van der Waals surface area contributed by atoms with Gasteiger partial charge in [0.1, 0.15) is 12.4 Å². The number of amides is 2. The summed E-state index contributed by atoms with van der Waals surface area (Å²) in [7, 11) is 0. The molecule has 0 radical (unpaired) electrons. The number of carbonyl (C=O) groups is 2. The van der Waals surface area contributed by atoms with Crippen LogP contribution in [0.5, 0.6) is 5.75 Å². The van der Waals surface area contributed by atoms with Crippen LogP contribution in [-0.2, 0) is 17.9 Å². The Morgan fingerprint density at radius 2 is 1.82 bits per heavy atom. The summed E-state index contributed by atoms with van der Waals surface area (Å²) in [5, 5.41) is 10.9. The lowest BCUT2D eigenvalue weighted by molar-refractivity contribution is -0.385. The minimum absolute atomic E-state index is 0.0199. The quantitative estimate of drug-likeness (QED) is 0.121. The minimum Gasteiger partial charge on any atom is -0.488 e. The number of hydrogen-bond acceptors (Lipinski definition) is 6. The van der Waals surface area contributed by atoms with Crippen LogP contribution in [0, 0.1) is 13.7 Å². The van der Waals surface area contributed by atoms with E-state index in [1.54, 1.807) is 42.5 Å². The number of nitrogens with zero attached hydrogens (tertiary/aromatic N) is 2. The van der Waals surface area contributed by atoms with E-state index in [1.165, 1.54) is 11.0 Å². The molecule has 1 fully saturated rings. The molecule has 1 aliphatic rings. The van der Waals surface area contributed by atoms with Gasteiger partial charge in [0.05, 0.1) is 21.9 Å². The highest BCUT2D eigenvalue weighted by Gasteiger charge is 2.35. The number of nitro groups is 1. The van der Waals surface area contributed by atoms with E-state index in [4.69, 9.17) is 4.74 Å². The third-order valence-electron chi connectivity index (χ3n) is 4.96. The van der Waals surface area contributed by atoms with Crippen molar-refractivity contribution in [2.24, 2.45) is 0 Å². The van der Waals surface area contributed by atoms with Crippen molar-refractivity contribution in [1.29, 1.82) is 0 Å². The molecule has 10 heteroatoms. The normalized spacial score (nSPS) is 14.6. The number of ether oxygens (including phenoxy) is 1. The lowest BCUT2D eigenvalue weighted by atomic mass is 10.1. The van der Waals surface area contributed by atoms with Gasteiger partial charge in [-0.3, -0.25) is 24.6 Å². The molecule has 2 amide bonds. The summed E-state index contributed by atoms with van der Waals surface area (Å²) >= 11 is 6.48. The molecule has 0 aliphatic carbocycles. The van der Waals surface area contributed by atoms with Crippen LogP contribution in [0.4, 0.5) is 10.5 Å². The van der Waals surface area contributed by atoms with Crippen LogP contribution >= 0.6 is 50.3 Å². The fraction of sp³-hybridized carbons (Fsp3) is 0.0833. The van der Waals surface area contributed by atoms with Crippen LogP contribution in [0.3, 0.4) is 0 Å². The van der Waals surface area contributed by atoms with Gasteiger partial charge >= 0.3 is 0 Å². The van der Waals surface area contributed by atoms with E-state index in [0.29, 0.717) is 16.9 Å². The first kappa shape index (κ1) is 24.4. The summed E-state index contributed by atoms with van der Waals surface area (Å²) in [6, 6.07) is 19.2. The van der Waals surface area contributed by atoms with Gasteiger partial charge in [0, 0.05) is 19.7 Å². The fourth-order valence-corrected chi connectivity index (χ4v) is 4.85. The number of imide groups is 1. The Balaban J connectivity index is 1.56. The molecule has 0 saturated carbocycles. The van der Waals surface area contributed by atoms with E-state index < -0.39 is 4.92 Å². The van der Waals surface area contributed by atoms with Crippen molar-refractivity contribution < 1.29 is 19.2 Å². The summed E-state index contributed by atoms with van der Waals surface area (Å²) < 4.78 is 7.71. The molecule has 0 atom stereocenters. The number of carbonyl (C=O) groups excluding carboxylic acids is 2. The molecule has 4 rings (SSSR count). The van der Waals surface area contributed by atoms with Crippen molar-refractivity contribution in [3.05, 3.63) is 106 Å². The van der Waals surface area contributed by atoms with Crippen LogP contribution in [-0.4, -0.2) is 21.0 Å². The summed E-state index contributed by atoms with van der Waals surface area (Å²) in [6.07, 6.45) is 1.61. The number of nitro benzene ring substituents is 1. The van der Waals surface area contributed by atoms with Gasteiger partial charge < -0.3 is 4.74 Å². The molecule has 1 saturated heterocycles. The number of benzene rings is 3.